The third-order valence-electron chi connectivity index (χ3n) is 4.76. The van der Waals surface area contributed by atoms with Crippen molar-refractivity contribution in [1.82, 2.24) is 20.4 Å². The highest BCUT2D eigenvalue weighted by Gasteiger charge is 2.14. The predicted molar refractivity (Wildman–Crippen MR) is 114 cm³/mol. The maximum Gasteiger partial charge on any atom is 0.191 e. The van der Waals surface area contributed by atoms with Gasteiger partial charge in [-0.2, -0.15) is 0 Å². The molecule has 0 saturated carbocycles. The molecule has 6 heteroatoms. The van der Waals surface area contributed by atoms with Gasteiger partial charge in [-0.15, -0.1) is 24.0 Å². The standard InChI is InChI=1S/C18H35N5.HI/c1-3-19-18(21-17-9-5-6-10-17)20-11-7-8-12-23-15-13-22(4-2)14-16-23;/h5-6,17H,3-4,7-16H2,1-2H3,(H2,19,20,21);1H. The predicted octanol–water partition coefficient (Wildman–Crippen LogP) is 2.30. The number of hydrogen-bond donors (Lipinski definition) is 2. The first-order valence-electron chi connectivity index (χ1n) is 9.46. The molecule has 0 aromatic heterocycles. The molecule has 1 heterocycles. The first-order chi connectivity index (χ1) is 11.3. The highest BCUT2D eigenvalue weighted by atomic mass is 127. The van der Waals surface area contributed by atoms with Gasteiger partial charge in [0, 0.05) is 45.3 Å². The highest BCUT2D eigenvalue weighted by Crippen LogP contribution is 2.08. The van der Waals surface area contributed by atoms with Gasteiger partial charge in [-0.05, 0) is 45.7 Å². The minimum absolute atomic E-state index is 0. The van der Waals surface area contributed by atoms with E-state index >= 15 is 0 Å². The van der Waals surface area contributed by atoms with Crippen molar-refractivity contribution in [2.24, 2.45) is 4.99 Å². The smallest absolute Gasteiger partial charge is 0.191 e. The summed E-state index contributed by atoms with van der Waals surface area (Å²) in [5, 5.41) is 6.89. The van der Waals surface area contributed by atoms with Crippen LogP contribution in [-0.4, -0.2) is 74.2 Å². The van der Waals surface area contributed by atoms with Crippen molar-refractivity contribution in [3.05, 3.63) is 12.2 Å². The second-order valence-electron chi connectivity index (χ2n) is 6.53. The summed E-state index contributed by atoms with van der Waals surface area (Å²) in [6.45, 7) is 13.6. The fraction of sp³-hybridized carbons (Fsp3) is 0.833. The van der Waals surface area contributed by atoms with E-state index in [0.717, 1.165) is 31.9 Å². The van der Waals surface area contributed by atoms with Crippen molar-refractivity contribution in [3.8, 4) is 0 Å². The molecule has 1 aliphatic carbocycles. The van der Waals surface area contributed by atoms with E-state index in [4.69, 9.17) is 4.99 Å². The van der Waals surface area contributed by atoms with Gasteiger partial charge >= 0.3 is 0 Å². The van der Waals surface area contributed by atoms with E-state index in [-0.39, 0.29) is 24.0 Å². The molecular formula is C18H36IN5. The maximum absolute atomic E-state index is 4.72. The number of guanidine groups is 1. The van der Waals surface area contributed by atoms with E-state index in [9.17, 15) is 0 Å². The zero-order valence-electron chi connectivity index (χ0n) is 15.5. The molecule has 2 aliphatic rings. The molecule has 0 aromatic carbocycles. The summed E-state index contributed by atoms with van der Waals surface area (Å²) in [6.07, 6.45) is 9.16. The lowest BCUT2D eigenvalue weighted by Gasteiger charge is -2.33. The van der Waals surface area contributed by atoms with Gasteiger partial charge in [0.05, 0.1) is 0 Å². The van der Waals surface area contributed by atoms with Crippen molar-refractivity contribution >= 4 is 29.9 Å². The lowest BCUT2D eigenvalue weighted by molar-refractivity contribution is 0.136. The molecule has 0 unspecified atom stereocenters. The number of unbranched alkanes of at least 4 members (excludes halogenated alkanes) is 1. The molecule has 0 atom stereocenters. The van der Waals surface area contributed by atoms with Gasteiger partial charge in [-0.25, -0.2) is 0 Å². The average molecular weight is 449 g/mol. The lowest BCUT2D eigenvalue weighted by Crippen LogP contribution is -2.46. The van der Waals surface area contributed by atoms with Crippen LogP contribution in [0.4, 0.5) is 0 Å². The molecule has 0 amide bonds. The van der Waals surface area contributed by atoms with E-state index in [1.54, 1.807) is 0 Å². The zero-order chi connectivity index (χ0) is 16.3. The minimum Gasteiger partial charge on any atom is -0.357 e. The van der Waals surface area contributed by atoms with Crippen LogP contribution in [0.3, 0.4) is 0 Å². The quantitative estimate of drug-likeness (QED) is 0.196. The Morgan fingerprint density at radius 3 is 2.33 bits per heavy atom. The molecule has 0 spiro atoms. The Bertz CT molecular complexity index is 370. The van der Waals surface area contributed by atoms with Crippen molar-refractivity contribution in [3.63, 3.8) is 0 Å². The Labute approximate surface area is 165 Å². The number of likely N-dealkylation sites (N-methyl/N-ethyl adjacent to an activating group) is 1. The molecule has 0 radical (unpaired) electrons. The van der Waals surface area contributed by atoms with Crippen LogP contribution in [0.2, 0.25) is 0 Å². The van der Waals surface area contributed by atoms with Crippen molar-refractivity contribution in [2.75, 3.05) is 52.4 Å². The first-order valence-corrected chi connectivity index (χ1v) is 9.46. The van der Waals surface area contributed by atoms with Crippen LogP contribution in [-0.2, 0) is 0 Å². The van der Waals surface area contributed by atoms with Gasteiger partial charge in [0.15, 0.2) is 5.96 Å². The summed E-state index contributed by atoms with van der Waals surface area (Å²) in [5.74, 6) is 0.984. The van der Waals surface area contributed by atoms with Gasteiger partial charge < -0.3 is 20.4 Å². The Kier molecular flexibility index (Phi) is 11.7. The molecule has 140 valence electrons. The van der Waals surface area contributed by atoms with Crippen LogP contribution in [0.5, 0.6) is 0 Å². The third-order valence-corrected chi connectivity index (χ3v) is 4.76. The topological polar surface area (TPSA) is 42.9 Å². The maximum atomic E-state index is 4.72. The Morgan fingerprint density at radius 2 is 1.71 bits per heavy atom. The Hall–Kier alpha value is -0.340. The molecule has 1 saturated heterocycles. The Balaban J connectivity index is 0.00000288. The van der Waals surface area contributed by atoms with Crippen molar-refractivity contribution < 1.29 is 0 Å². The van der Waals surface area contributed by atoms with Crippen molar-refractivity contribution in [1.29, 1.82) is 0 Å². The number of nitrogens with one attached hydrogen (secondary N) is 2. The summed E-state index contributed by atoms with van der Waals surface area (Å²) >= 11 is 0. The van der Waals surface area contributed by atoms with E-state index in [0.29, 0.717) is 6.04 Å². The molecule has 2 N–H and O–H groups in total. The largest absolute Gasteiger partial charge is 0.357 e. The molecular weight excluding hydrogens is 413 g/mol. The van der Waals surface area contributed by atoms with Gasteiger partial charge in [-0.1, -0.05) is 19.1 Å². The summed E-state index contributed by atoms with van der Waals surface area (Å²) in [5.41, 5.74) is 0. The van der Waals surface area contributed by atoms with E-state index in [2.05, 4.69) is 46.4 Å². The first kappa shape index (κ1) is 21.7. The van der Waals surface area contributed by atoms with Gasteiger partial charge in [0.1, 0.15) is 0 Å². The van der Waals surface area contributed by atoms with Crippen LogP contribution in [0, 0.1) is 0 Å². The Morgan fingerprint density at radius 1 is 1.04 bits per heavy atom. The summed E-state index contributed by atoms with van der Waals surface area (Å²) < 4.78 is 0. The van der Waals surface area contributed by atoms with Crippen molar-refractivity contribution in [2.45, 2.75) is 45.6 Å². The number of hydrogen-bond acceptors (Lipinski definition) is 3. The van der Waals surface area contributed by atoms with Gasteiger partial charge in [0.25, 0.3) is 0 Å². The summed E-state index contributed by atoms with van der Waals surface area (Å²) in [7, 11) is 0. The minimum atomic E-state index is 0. The van der Waals surface area contributed by atoms with Gasteiger partial charge in [0.2, 0.25) is 0 Å². The molecule has 1 aliphatic heterocycles. The zero-order valence-corrected chi connectivity index (χ0v) is 17.8. The second-order valence-corrected chi connectivity index (χ2v) is 6.53. The number of halogens is 1. The van der Waals surface area contributed by atoms with E-state index < -0.39 is 0 Å². The number of piperazine rings is 1. The monoisotopic (exact) mass is 449 g/mol. The molecule has 2 rings (SSSR count). The van der Waals surface area contributed by atoms with E-state index in [1.807, 2.05) is 0 Å². The fourth-order valence-corrected chi connectivity index (χ4v) is 3.22. The average Bonchev–Trinajstić information content (AvgIpc) is 3.08. The summed E-state index contributed by atoms with van der Waals surface area (Å²) in [6, 6.07) is 0.530. The van der Waals surface area contributed by atoms with Crippen LogP contribution >= 0.6 is 24.0 Å². The second kappa shape index (κ2) is 12.9. The number of nitrogens with zero attached hydrogens (tertiary/aromatic N) is 3. The number of rotatable bonds is 8. The normalized spacial score (nSPS) is 20.2. The molecule has 24 heavy (non-hydrogen) atoms. The van der Waals surface area contributed by atoms with Crippen LogP contribution < -0.4 is 10.6 Å². The molecule has 5 nitrogen and oxygen atoms in total. The molecule has 0 bridgehead atoms. The fourth-order valence-electron chi connectivity index (χ4n) is 3.22. The van der Waals surface area contributed by atoms with E-state index in [1.165, 1.54) is 52.1 Å². The van der Waals surface area contributed by atoms with Gasteiger partial charge in [-0.3, -0.25) is 4.99 Å². The lowest BCUT2D eigenvalue weighted by atomic mass is 10.2. The van der Waals surface area contributed by atoms with Crippen LogP contribution in [0.25, 0.3) is 0 Å². The number of aliphatic imine (C=N–C) groups is 1. The third kappa shape index (κ3) is 8.16. The van der Waals surface area contributed by atoms with Crippen LogP contribution in [0.15, 0.2) is 17.1 Å². The summed E-state index contributed by atoms with van der Waals surface area (Å²) in [4.78, 5) is 9.86. The molecule has 1 fully saturated rings. The highest BCUT2D eigenvalue weighted by molar-refractivity contribution is 14.0. The van der Waals surface area contributed by atoms with Crippen LogP contribution in [0.1, 0.15) is 39.5 Å². The molecule has 0 aromatic rings. The SMILES string of the molecule is CCNC(=NCCCCN1CCN(CC)CC1)NC1CC=CC1.I.